The fourth-order valence-corrected chi connectivity index (χ4v) is 6.29. The third-order valence-electron chi connectivity index (χ3n) is 8.18. The molecule has 1 amide bonds. The molecule has 8 heteroatoms. The van der Waals surface area contributed by atoms with Crippen LogP contribution in [0.15, 0.2) is 97.2 Å². The zero-order valence-corrected chi connectivity index (χ0v) is 25.8. The molecule has 1 aliphatic carbocycles. The fourth-order valence-electron chi connectivity index (χ4n) is 6.06. The van der Waals surface area contributed by atoms with E-state index in [1.807, 2.05) is 48.7 Å². The number of rotatable bonds is 10. The molecule has 7 nitrogen and oxygen atoms in total. The van der Waals surface area contributed by atoms with Gasteiger partial charge in [-0.1, -0.05) is 78.3 Å². The summed E-state index contributed by atoms with van der Waals surface area (Å²) in [6.45, 7) is 0.634. The number of imidazole rings is 1. The lowest BCUT2D eigenvalue weighted by atomic mass is 10.1. The van der Waals surface area contributed by atoms with E-state index in [0.717, 1.165) is 41.2 Å². The van der Waals surface area contributed by atoms with Gasteiger partial charge in [0.25, 0.3) is 5.91 Å². The van der Waals surface area contributed by atoms with Crippen LogP contribution in [-0.4, -0.2) is 41.7 Å². The molecule has 0 aliphatic heterocycles. The number of hydrogen-bond donors (Lipinski definition) is 0. The van der Waals surface area contributed by atoms with Gasteiger partial charge in [-0.15, -0.1) is 0 Å². The topological polar surface area (TPSA) is 65.8 Å². The monoisotopic (exact) mass is 607 g/mol. The molecule has 0 unspecified atom stereocenters. The summed E-state index contributed by atoms with van der Waals surface area (Å²) in [4.78, 5) is 21.3. The largest absolute Gasteiger partial charge is 0.497 e. The summed E-state index contributed by atoms with van der Waals surface area (Å²) >= 11 is 6.51. The lowest BCUT2D eigenvalue weighted by Crippen LogP contribution is -2.32. The first-order valence-corrected chi connectivity index (χ1v) is 14.9. The summed E-state index contributed by atoms with van der Waals surface area (Å²) in [5.74, 6) is 2.03. The minimum absolute atomic E-state index is 0.160. The van der Waals surface area contributed by atoms with E-state index < -0.39 is 0 Å². The van der Waals surface area contributed by atoms with E-state index in [2.05, 4.69) is 41.0 Å². The number of methoxy groups -OCH3 is 3. The van der Waals surface area contributed by atoms with E-state index in [9.17, 15) is 4.79 Å². The van der Waals surface area contributed by atoms with Gasteiger partial charge >= 0.3 is 0 Å². The predicted molar refractivity (Wildman–Crippen MR) is 172 cm³/mol. The van der Waals surface area contributed by atoms with Gasteiger partial charge in [-0.3, -0.25) is 4.79 Å². The molecule has 1 aromatic heterocycles. The number of aromatic nitrogens is 2. The minimum Gasteiger partial charge on any atom is -0.497 e. The molecule has 5 aromatic rings. The molecule has 6 rings (SSSR count). The van der Waals surface area contributed by atoms with Gasteiger partial charge in [0.1, 0.15) is 22.9 Å². The van der Waals surface area contributed by atoms with Crippen molar-refractivity contribution in [3.05, 3.63) is 130 Å². The number of nitrogens with zero attached hydrogens (tertiary/aromatic N) is 3. The maximum atomic E-state index is 14.5. The number of hydrogen-bond acceptors (Lipinski definition) is 5. The van der Waals surface area contributed by atoms with Crippen LogP contribution in [-0.2, 0) is 25.9 Å². The van der Waals surface area contributed by atoms with Crippen LogP contribution in [0.1, 0.15) is 38.8 Å². The summed E-state index contributed by atoms with van der Waals surface area (Å²) in [5.41, 5.74) is 5.87. The van der Waals surface area contributed by atoms with Crippen LogP contribution >= 0.6 is 11.6 Å². The second kappa shape index (κ2) is 12.9. The van der Waals surface area contributed by atoms with E-state index in [4.69, 9.17) is 30.8 Å². The van der Waals surface area contributed by atoms with Crippen molar-refractivity contribution >= 4 is 17.5 Å². The van der Waals surface area contributed by atoms with Crippen molar-refractivity contribution in [3.8, 4) is 28.6 Å². The number of fused-ring (bicyclic) bond motifs is 1. The highest BCUT2D eigenvalue weighted by atomic mass is 35.5. The quantitative estimate of drug-likeness (QED) is 0.165. The SMILES string of the molecule is COc1ccc(CN(Cc2cnc(-c3ccccc3)n2C2Cc3ccccc3C2)C(=O)c2c(OC)ccc(Cl)c2OC)cc1. The summed E-state index contributed by atoms with van der Waals surface area (Å²) in [6, 6.07) is 30.0. The Labute approximate surface area is 262 Å². The fraction of sp³-hybridized carbons (Fsp3) is 0.222. The molecule has 0 N–H and O–H groups in total. The molecule has 0 bridgehead atoms. The molecule has 1 heterocycles. The van der Waals surface area contributed by atoms with E-state index in [1.54, 1.807) is 24.1 Å². The van der Waals surface area contributed by atoms with Crippen LogP contribution in [0.4, 0.5) is 0 Å². The number of carbonyl (C=O) groups is 1. The Kier molecular flexibility index (Phi) is 8.57. The van der Waals surface area contributed by atoms with Gasteiger partial charge in [0.05, 0.1) is 44.8 Å². The Bertz CT molecular complexity index is 1740. The van der Waals surface area contributed by atoms with Crippen LogP contribution in [0.2, 0.25) is 5.02 Å². The highest BCUT2D eigenvalue weighted by molar-refractivity contribution is 6.32. The smallest absolute Gasteiger partial charge is 0.262 e. The van der Waals surface area contributed by atoms with Gasteiger partial charge in [0.2, 0.25) is 0 Å². The molecular weight excluding hydrogens is 574 g/mol. The van der Waals surface area contributed by atoms with E-state index in [0.29, 0.717) is 23.9 Å². The standard InChI is InChI=1S/C36H34ClN3O4/c1-42-30-15-13-24(14-16-30)22-39(36(41)33-32(43-2)18-17-31(37)34(33)44-3)23-29-21-38-35(25-9-5-4-6-10-25)40(29)28-19-26-11-7-8-12-27(26)20-28/h4-18,21,28H,19-20,22-23H2,1-3H3. The lowest BCUT2D eigenvalue weighted by Gasteiger charge is -2.27. The maximum Gasteiger partial charge on any atom is 0.262 e. The number of ether oxygens (including phenoxy) is 3. The normalized spacial score (nSPS) is 12.5. The molecule has 44 heavy (non-hydrogen) atoms. The molecule has 4 aromatic carbocycles. The van der Waals surface area contributed by atoms with Crippen LogP contribution in [0.5, 0.6) is 17.2 Å². The first kappa shape index (κ1) is 29.3. The molecule has 0 fully saturated rings. The molecule has 1 aliphatic rings. The molecule has 0 atom stereocenters. The third-order valence-corrected chi connectivity index (χ3v) is 8.48. The van der Waals surface area contributed by atoms with Crippen LogP contribution in [0.25, 0.3) is 11.4 Å². The number of benzene rings is 4. The van der Waals surface area contributed by atoms with Crippen molar-refractivity contribution in [1.29, 1.82) is 0 Å². The molecule has 0 saturated heterocycles. The zero-order chi connectivity index (χ0) is 30.6. The van der Waals surface area contributed by atoms with Crippen molar-refractivity contribution in [1.82, 2.24) is 14.5 Å². The third kappa shape index (κ3) is 5.75. The Morgan fingerprint density at radius 2 is 1.52 bits per heavy atom. The van der Waals surface area contributed by atoms with Gasteiger partial charge < -0.3 is 23.7 Å². The van der Waals surface area contributed by atoms with Gasteiger partial charge in [0.15, 0.2) is 5.75 Å². The van der Waals surface area contributed by atoms with Crippen molar-refractivity contribution < 1.29 is 19.0 Å². The number of carbonyl (C=O) groups excluding carboxylic acids is 1. The molecule has 0 spiro atoms. The van der Waals surface area contributed by atoms with E-state index >= 15 is 0 Å². The average Bonchev–Trinajstić information content (AvgIpc) is 3.68. The first-order valence-electron chi connectivity index (χ1n) is 14.5. The van der Waals surface area contributed by atoms with Crippen LogP contribution in [0.3, 0.4) is 0 Å². The van der Waals surface area contributed by atoms with Crippen molar-refractivity contribution in [2.75, 3.05) is 21.3 Å². The minimum atomic E-state index is -0.263. The Balaban J connectivity index is 1.44. The number of halogens is 1. The average molecular weight is 608 g/mol. The highest BCUT2D eigenvalue weighted by Crippen LogP contribution is 2.38. The van der Waals surface area contributed by atoms with Crippen molar-refractivity contribution in [2.24, 2.45) is 0 Å². The first-order chi connectivity index (χ1) is 21.5. The van der Waals surface area contributed by atoms with Crippen molar-refractivity contribution in [2.45, 2.75) is 32.0 Å². The second-order valence-electron chi connectivity index (χ2n) is 10.8. The van der Waals surface area contributed by atoms with Gasteiger partial charge in [-0.05, 0) is 53.8 Å². The number of amides is 1. The van der Waals surface area contributed by atoms with Crippen LogP contribution < -0.4 is 14.2 Å². The Hall–Kier alpha value is -4.75. The Morgan fingerprint density at radius 1 is 0.841 bits per heavy atom. The van der Waals surface area contributed by atoms with E-state index in [1.165, 1.54) is 25.3 Å². The zero-order valence-electron chi connectivity index (χ0n) is 25.0. The van der Waals surface area contributed by atoms with Gasteiger partial charge in [-0.2, -0.15) is 0 Å². The summed E-state index contributed by atoms with van der Waals surface area (Å²) in [5, 5.41) is 0.334. The predicted octanol–water partition coefficient (Wildman–Crippen LogP) is 7.41. The molecule has 224 valence electrons. The van der Waals surface area contributed by atoms with Crippen molar-refractivity contribution in [3.63, 3.8) is 0 Å². The summed E-state index contributed by atoms with van der Waals surface area (Å²) < 4.78 is 18.9. The second-order valence-corrected chi connectivity index (χ2v) is 11.2. The molecular formula is C36H34ClN3O4. The summed E-state index contributed by atoms with van der Waals surface area (Å²) in [6.07, 6.45) is 3.68. The molecule has 0 radical (unpaired) electrons. The van der Waals surface area contributed by atoms with Crippen LogP contribution in [0, 0.1) is 0 Å². The lowest BCUT2D eigenvalue weighted by molar-refractivity contribution is 0.0718. The maximum absolute atomic E-state index is 14.5. The Morgan fingerprint density at radius 3 is 2.16 bits per heavy atom. The molecule has 0 saturated carbocycles. The van der Waals surface area contributed by atoms with Gasteiger partial charge in [0, 0.05) is 18.2 Å². The summed E-state index contributed by atoms with van der Waals surface area (Å²) in [7, 11) is 4.67. The van der Waals surface area contributed by atoms with E-state index in [-0.39, 0.29) is 23.3 Å². The van der Waals surface area contributed by atoms with Gasteiger partial charge in [-0.25, -0.2) is 4.98 Å². The highest BCUT2D eigenvalue weighted by Gasteiger charge is 2.31.